The Morgan fingerprint density at radius 1 is 1.19 bits per heavy atom. The third-order valence-corrected chi connectivity index (χ3v) is 4.57. The third kappa shape index (κ3) is 3.72. The second-order valence-electron chi connectivity index (χ2n) is 5.66. The van der Waals surface area contributed by atoms with Crippen molar-refractivity contribution in [2.24, 2.45) is 0 Å². The van der Waals surface area contributed by atoms with Gasteiger partial charge in [0.1, 0.15) is 0 Å². The number of halogens is 1. The zero-order valence-electron chi connectivity index (χ0n) is 12.0. The first-order valence-electron chi connectivity index (χ1n) is 7.56. The number of hydrogen-bond acceptors (Lipinski definition) is 2. The molecule has 0 spiro atoms. The van der Waals surface area contributed by atoms with E-state index in [1.165, 1.54) is 6.42 Å². The lowest BCUT2D eigenvalue weighted by atomic mass is 10.0. The maximum absolute atomic E-state index is 12.3. The normalized spacial score (nSPS) is 18.2. The van der Waals surface area contributed by atoms with Crippen molar-refractivity contribution in [3.8, 4) is 0 Å². The molecule has 0 radical (unpaired) electrons. The Bertz CT molecular complexity index is 645. The van der Waals surface area contributed by atoms with Gasteiger partial charge in [-0.1, -0.05) is 34.1 Å². The van der Waals surface area contributed by atoms with Crippen LogP contribution in [0.1, 0.15) is 42.5 Å². The molecule has 1 fully saturated rings. The first-order chi connectivity index (χ1) is 10.2. The number of ether oxygens (including phenoxy) is 1. The van der Waals surface area contributed by atoms with E-state index >= 15 is 0 Å². The number of Topliss-reactive ketones (excluding diaryl/α,β-unsaturated/α-hetero) is 1. The van der Waals surface area contributed by atoms with Crippen LogP contribution in [-0.2, 0) is 4.74 Å². The second-order valence-corrected chi connectivity index (χ2v) is 6.57. The summed E-state index contributed by atoms with van der Waals surface area (Å²) in [6.45, 7) is 0.888. The molecule has 0 bridgehead atoms. The first-order valence-corrected chi connectivity index (χ1v) is 8.36. The van der Waals surface area contributed by atoms with Gasteiger partial charge in [0.25, 0.3) is 0 Å². The average Bonchev–Trinajstić information content (AvgIpc) is 3.00. The predicted octanol–water partition coefficient (Wildman–Crippen LogP) is 5.13. The number of fused-ring (bicyclic) bond motifs is 1. The van der Waals surface area contributed by atoms with E-state index in [0.717, 1.165) is 46.7 Å². The summed E-state index contributed by atoms with van der Waals surface area (Å²) in [6, 6.07) is 12.1. The Morgan fingerprint density at radius 3 is 2.81 bits per heavy atom. The fourth-order valence-corrected chi connectivity index (χ4v) is 3.28. The largest absolute Gasteiger partial charge is 0.378 e. The van der Waals surface area contributed by atoms with Crippen molar-refractivity contribution in [1.82, 2.24) is 0 Å². The molecule has 0 N–H and O–H groups in total. The Kier molecular flexibility index (Phi) is 4.71. The molecule has 0 aliphatic carbocycles. The SMILES string of the molecule is O=C(CCCC1CCCO1)c1ccc2cc(Br)ccc2c1. The molecule has 3 heteroatoms. The summed E-state index contributed by atoms with van der Waals surface area (Å²) >= 11 is 3.47. The zero-order valence-corrected chi connectivity index (χ0v) is 13.6. The number of rotatable bonds is 5. The number of carbonyl (C=O) groups excluding carboxylic acids is 1. The van der Waals surface area contributed by atoms with Crippen LogP contribution in [0.2, 0.25) is 0 Å². The minimum Gasteiger partial charge on any atom is -0.378 e. The van der Waals surface area contributed by atoms with Crippen LogP contribution < -0.4 is 0 Å². The molecule has 1 saturated heterocycles. The Morgan fingerprint density at radius 2 is 2.00 bits per heavy atom. The topological polar surface area (TPSA) is 26.3 Å². The Labute approximate surface area is 133 Å². The van der Waals surface area contributed by atoms with Crippen molar-refractivity contribution < 1.29 is 9.53 Å². The van der Waals surface area contributed by atoms with Crippen LogP contribution in [0.25, 0.3) is 10.8 Å². The fourth-order valence-electron chi connectivity index (χ4n) is 2.90. The van der Waals surface area contributed by atoms with Gasteiger partial charge >= 0.3 is 0 Å². The van der Waals surface area contributed by atoms with Crippen molar-refractivity contribution in [1.29, 1.82) is 0 Å². The van der Waals surface area contributed by atoms with Crippen LogP contribution in [0.3, 0.4) is 0 Å². The highest BCUT2D eigenvalue weighted by atomic mass is 79.9. The summed E-state index contributed by atoms with van der Waals surface area (Å²) in [5.74, 6) is 0.234. The molecular weight excluding hydrogens is 328 g/mol. The van der Waals surface area contributed by atoms with Gasteiger partial charge in [-0.3, -0.25) is 4.79 Å². The molecule has 1 aliphatic heterocycles. The highest BCUT2D eigenvalue weighted by Gasteiger charge is 2.15. The van der Waals surface area contributed by atoms with Crippen LogP contribution in [0.4, 0.5) is 0 Å². The summed E-state index contributed by atoms with van der Waals surface area (Å²) in [7, 11) is 0. The van der Waals surface area contributed by atoms with Crippen molar-refractivity contribution >= 4 is 32.5 Å². The van der Waals surface area contributed by atoms with E-state index in [9.17, 15) is 4.79 Å². The van der Waals surface area contributed by atoms with Crippen molar-refractivity contribution in [3.05, 3.63) is 46.4 Å². The van der Waals surface area contributed by atoms with Gasteiger partial charge in [-0.25, -0.2) is 0 Å². The fraction of sp³-hybridized carbons (Fsp3) is 0.389. The maximum Gasteiger partial charge on any atom is 0.162 e. The van der Waals surface area contributed by atoms with Gasteiger partial charge in [0.2, 0.25) is 0 Å². The number of ketones is 1. The molecule has 0 aromatic heterocycles. The van der Waals surface area contributed by atoms with Gasteiger partial charge in [0.15, 0.2) is 5.78 Å². The minimum absolute atomic E-state index is 0.234. The molecule has 21 heavy (non-hydrogen) atoms. The lowest BCUT2D eigenvalue weighted by Gasteiger charge is -2.08. The summed E-state index contributed by atoms with van der Waals surface area (Å²) in [6.07, 6.45) is 5.24. The highest BCUT2D eigenvalue weighted by Crippen LogP contribution is 2.23. The molecule has 110 valence electrons. The van der Waals surface area contributed by atoms with E-state index in [1.807, 2.05) is 30.3 Å². The van der Waals surface area contributed by atoms with Crippen LogP contribution in [0.5, 0.6) is 0 Å². The van der Waals surface area contributed by atoms with Crippen molar-refractivity contribution in [2.75, 3.05) is 6.61 Å². The van der Waals surface area contributed by atoms with Crippen LogP contribution in [0, 0.1) is 0 Å². The van der Waals surface area contributed by atoms with E-state index in [2.05, 4.69) is 22.0 Å². The molecule has 1 heterocycles. The molecule has 1 unspecified atom stereocenters. The molecule has 3 rings (SSSR count). The summed E-state index contributed by atoms with van der Waals surface area (Å²) < 4.78 is 6.65. The third-order valence-electron chi connectivity index (χ3n) is 4.08. The molecular formula is C18H19BrO2. The molecule has 0 amide bonds. The lowest BCUT2D eigenvalue weighted by Crippen LogP contribution is -2.06. The van der Waals surface area contributed by atoms with Crippen molar-refractivity contribution in [3.63, 3.8) is 0 Å². The summed E-state index contributed by atoms with van der Waals surface area (Å²) in [4.78, 5) is 12.3. The first kappa shape index (κ1) is 14.7. The van der Waals surface area contributed by atoms with Gasteiger partial charge in [0.05, 0.1) is 6.10 Å². The quantitative estimate of drug-likeness (QED) is 0.701. The molecule has 2 aromatic rings. The van der Waals surface area contributed by atoms with Crippen LogP contribution >= 0.6 is 15.9 Å². The van der Waals surface area contributed by atoms with E-state index in [4.69, 9.17) is 4.74 Å². The monoisotopic (exact) mass is 346 g/mol. The van der Waals surface area contributed by atoms with E-state index in [0.29, 0.717) is 12.5 Å². The van der Waals surface area contributed by atoms with E-state index < -0.39 is 0 Å². The van der Waals surface area contributed by atoms with Gasteiger partial charge < -0.3 is 4.74 Å². The Balaban J connectivity index is 1.62. The highest BCUT2D eigenvalue weighted by molar-refractivity contribution is 9.10. The maximum atomic E-state index is 12.3. The molecule has 0 saturated carbocycles. The molecule has 1 aliphatic rings. The van der Waals surface area contributed by atoms with Gasteiger partial charge in [-0.15, -0.1) is 0 Å². The molecule has 2 aromatic carbocycles. The van der Waals surface area contributed by atoms with Crippen LogP contribution in [0.15, 0.2) is 40.9 Å². The van der Waals surface area contributed by atoms with Gasteiger partial charge in [-0.2, -0.15) is 0 Å². The predicted molar refractivity (Wildman–Crippen MR) is 88.8 cm³/mol. The molecule has 1 atom stereocenters. The van der Waals surface area contributed by atoms with Crippen molar-refractivity contribution in [2.45, 2.75) is 38.2 Å². The summed E-state index contributed by atoms with van der Waals surface area (Å²) in [5.41, 5.74) is 0.817. The smallest absolute Gasteiger partial charge is 0.162 e. The van der Waals surface area contributed by atoms with Gasteiger partial charge in [0, 0.05) is 23.1 Å². The summed E-state index contributed by atoms with van der Waals surface area (Å²) in [5, 5.41) is 2.27. The second kappa shape index (κ2) is 6.71. The van der Waals surface area contributed by atoms with E-state index in [-0.39, 0.29) is 5.78 Å². The standard InChI is InChI=1S/C18H19BrO2/c19-16-9-8-13-11-15(7-6-14(13)12-16)18(20)5-1-3-17-4-2-10-21-17/h6-9,11-12,17H,1-5,10H2. The Hall–Kier alpha value is -1.19. The zero-order chi connectivity index (χ0) is 14.7. The number of hydrogen-bond donors (Lipinski definition) is 0. The number of carbonyl (C=O) groups is 1. The van der Waals surface area contributed by atoms with E-state index in [1.54, 1.807) is 0 Å². The minimum atomic E-state index is 0.234. The van der Waals surface area contributed by atoms with Crippen LogP contribution in [-0.4, -0.2) is 18.5 Å². The number of benzene rings is 2. The average molecular weight is 347 g/mol. The van der Waals surface area contributed by atoms with Gasteiger partial charge in [-0.05, 0) is 54.7 Å². The molecule has 2 nitrogen and oxygen atoms in total. The lowest BCUT2D eigenvalue weighted by molar-refractivity contribution is 0.0923.